The predicted octanol–water partition coefficient (Wildman–Crippen LogP) is 1.52. The fourth-order valence-electron chi connectivity index (χ4n) is 3.52. The Bertz CT molecular complexity index is 1350. The van der Waals surface area contributed by atoms with Crippen LogP contribution in [0.25, 0.3) is 22.6 Å². The molecule has 4 aromatic rings. The van der Waals surface area contributed by atoms with Crippen molar-refractivity contribution in [3.05, 3.63) is 69.1 Å². The standard InChI is InChI=1S/C19H20N6O2/c1-5-10-23-17(26)15-16(22(4)19(23)27)21-18-24(11(2)12(3)25(15)18)14-9-7-6-8-13(14)20/h5-9H,1,10,20H2,2-4H3. The Hall–Kier alpha value is -3.55. The molecule has 138 valence electrons. The summed E-state index contributed by atoms with van der Waals surface area (Å²) in [4.78, 5) is 30.2. The van der Waals surface area contributed by atoms with Gasteiger partial charge in [-0.05, 0) is 26.0 Å². The molecule has 0 saturated carbocycles. The number of anilines is 1. The van der Waals surface area contributed by atoms with E-state index in [1.807, 2.05) is 42.7 Å². The molecule has 3 heterocycles. The van der Waals surface area contributed by atoms with E-state index in [0.717, 1.165) is 21.6 Å². The number of nitrogen functional groups attached to an aromatic ring is 1. The number of nitrogens with zero attached hydrogens (tertiary/aromatic N) is 5. The number of rotatable bonds is 3. The first-order valence-electron chi connectivity index (χ1n) is 8.54. The van der Waals surface area contributed by atoms with E-state index in [2.05, 4.69) is 11.6 Å². The lowest BCUT2D eigenvalue weighted by molar-refractivity contribution is 0.667. The Labute approximate surface area is 154 Å². The van der Waals surface area contributed by atoms with E-state index in [1.165, 1.54) is 10.6 Å². The lowest BCUT2D eigenvalue weighted by atomic mass is 10.2. The van der Waals surface area contributed by atoms with Gasteiger partial charge >= 0.3 is 5.69 Å². The van der Waals surface area contributed by atoms with Gasteiger partial charge in [0.25, 0.3) is 5.56 Å². The second-order valence-electron chi connectivity index (χ2n) is 6.53. The molecule has 0 aliphatic rings. The Morgan fingerprint density at radius 2 is 1.89 bits per heavy atom. The summed E-state index contributed by atoms with van der Waals surface area (Å²) in [6.07, 6.45) is 1.53. The van der Waals surface area contributed by atoms with Crippen LogP contribution in [-0.4, -0.2) is 23.1 Å². The van der Waals surface area contributed by atoms with E-state index < -0.39 is 5.69 Å². The molecule has 0 fully saturated rings. The number of allylic oxidation sites excluding steroid dienone is 1. The van der Waals surface area contributed by atoms with Crippen molar-refractivity contribution in [2.45, 2.75) is 20.4 Å². The second kappa shape index (κ2) is 5.73. The zero-order valence-corrected chi connectivity index (χ0v) is 15.4. The van der Waals surface area contributed by atoms with Crippen LogP contribution in [0.3, 0.4) is 0 Å². The molecule has 2 N–H and O–H groups in total. The maximum atomic E-state index is 13.0. The van der Waals surface area contributed by atoms with Gasteiger partial charge in [-0.2, -0.15) is 4.98 Å². The topological polar surface area (TPSA) is 92.2 Å². The number of para-hydroxylation sites is 2. The average molecular weight is 364 g/mol. The molecule has 0 aliphatic heterocycles. The Morgan fingerprint density at radius 3 is 2.56 bits per heavy atom. The van der Waals surface area contributed by atoms with Gasteiger partial charge in [-0.15, -0.1) is 6.58 Å². The highest BCUT2D eigenvalue weighted by atomic mass is 16.2. The number of fused-ring (bicyclic) bond motifs is 3. The average Bonchev–Trinajstić information content (AvgIpc) is 3.14. The van der Waals surface area contributed by atoms with Crippen LogP contribution in [0.15, 0.2) is 46.5 Å². The van der Waals surface area contributed by atoms with E-state index in [1.54, 1.807) is 11.4 Å². The summed E-state index contributed by atoms with van der Waals surface area (Å²) in [5, 5.41) is 0. The molecule has 0 saturated heterocycles. The normalized spacial score (nSPS) is 11.5. The Morgan fingerprint density at radius 1 is 1.19 bits per heavy atom. The summed E-state index contributed by atoms with van der Waals surface area (Å²) in [5.41, 5.74) is 9.22. The molecule has 27 heavy (non-hydrogen) atoms. The minimum absolute atomic E-state index is 0.138. The van der Waals surface area contributed by atoms with Gasteiger partial charge in [-0.3, -0.25) is 22.9 Å². The highest BCUT2D eigenvalue weighted by Crippen LogP contribution is 2.27. The van der Waals surface area contributed by atoms with Crippen LogP contribution in [0, 0.1) is 13.8 Å². The molecule has 0 aliphatic carbocycles. The molecule has 0 atom stereocenters. The van der Waals surface area contributed by atoms with Crippen LogP contribution in [0.1, 0.15) is 11.4 Å². The quantitative estimate of drug-likeness (QED) is 0.441. The van der Waals surface area contributed by atoms with Gasteiger partial charge in [-0.25, -0.2) is 4.79 Å². The van der Waals surface area contributed by atoms with Gasteiger partial charge in [0.15, 0.2) is 11.2 Å². The smallest absolute Gasteiger partial charge is 0.332 e. The van der Waals surface area contributed by atoms with E-state index in [9.17, 15) is 9.59 Å². The van der Waals surface area contributed by atoms with Crippen LogP contribution in [0.5, 0.6) is 0 Å². The van der Waals surface area contributed by atoms with Crippen molar-refractivity contribution in [3.8, 4) is 5.69 Å². The molecule has 1 aromatic carbocycles. The van der Waals surface area contributed by atoms with Gasteiger partial charge in [0.05, 0.1) is 11.4 Å². The van der Waals surface area contributed by atoms with Crippen LogP contribution < -0.4 is 17.0 Å². The number of imidazole rings is 2. The first-order valence-corrected chi connectivity index (χ1v) is 8.54. The number of nitrogens with two attached hydrogens (primary N) is 1. The molecule has 8 heteroatoms. The van der Waals surface area contributed by atoms with Crippen LogP contribution in [-0.2, 0) is 13.6 Å². The SMILES string of the molecule is C=CCn1c(=O)c2c(nc3n(-c4ccccc4N)c(C)c(C)n23)n(C)c1=O. The molecule has 4 rings (SSSR count). The Balaban J connectivity index is 2.25. The van der Waals surface area contributed by atoms with E-state index >= 15 is 0 Å². The second-order valence-corrected chi connectivity index (χ2v) is 6.53. The van der Waals surface area contributed by atoms with Crippen molar-refractivity contribution in [2.24, 2.45) is 7.05 Å². The lowest BCUT2D eigenvalue weighted by Crippen LogP contribution is -2.39. The van der Waals surface area contributed by atoms with Crippen molar-refractivity contribution >= 4 is 22.6 Å². The number of hydrogen-bond acceptors (Lipinski definition) is 4. The summed E-state index contributed by atoms with van der Waals surface area (Å²) in [6.45, 7) is 7.64. The number of aromatic nitrogens is 5. The fourth-order valence-corrected chi connectivity index (χ4v) is 3.52. The fraction of sp³-hybridized carbons (Fsp3) is 0.211. The molecule has 0 amide bonds. The van der Waals surface area contributed by atoms with Crippen molar-refractivity contribution in [1.82, 2.24) is 23.1 Å². The van der Waals surface area contributed by atoms with Crippen molar-refractivity contribution in [3.63, 3.8) is 0 Å². The maximum absolute atomic E-state index is 13.0. The largest absolute Gasteiger partial charge is 0.397 e. The van der Waals surface area contributed by atoms with Gasteiger partial charge in [0.2, 0.25) is 5.78 Å². The van der Waals surface area contributed by atoms with Crippen LogP contribution in [0.2, 0.25) is 0 Å². The highest BCUT2D eigenvalue weighted by Gasteiger charge is 2.23. The van der Waals surface area contributed by atoms with Gasteiger partial charge in [0, 0.05) is 25.0 Å². The molecular weight excluding hydrogens is 344 g/mol. The molecule has 0 radical (unpaired) electrons. The van der Waals surface area contributed by atoms with Crippen LogP contribution >= 0.6 is 0 Å². The monoisotopic (exact) mass is 364 g/mol. The third kappa shape index (κ3) is 2.13. The van der Waals surface area contributed by atoms with Crippen molar-refractivity contribution < 1.29 is 0 Å². The summed E-state index contributed by atoms with van der Waals surface area (Å²) in [7, 11) is 1.61. The van der Waals surface area contributed by atoms with Gasteiger partial charge < -0.3 is 5.73 Å². The summed E-state index contributed by atoms with van der Waals surface area (Å²) in [5.74, 6) is 0.543. The Kier molecular flexibility index (Phi) is 3.59. The molecule has 8 nitrogen and oxygen atoms in total. The summed E-state index contributed by atoms with van der Waals surface area (Å²) < 4.78 is 6.25. The molecular formula is C19H20N6O2. The molecule has 0 spiro atoms. The van der Waals surface area contributed by atoms with Crippen LogP contribution in [0.4, 0.5) is 5.69 Å². The number of hydrogen-bond donors (Lipinski definition) is 1. The summed E-state index contributed by atoms with van der Waals surface area (Å²) >= 11 is 0. The minimum atomic E-state index is -0.423. The molecule has 0 bridgehead atoms. The lowest BCUT2D eigenvalue weighted by Gasteiger charge is -2.09. The molecule has 3 aromatic heterocycles. The maximum Gasteiger partial charge on any atom is 0.332 e. The highest BCUT2D eigenvalue weighted by molar-refractivity contribution is 5.78. The van der Waals surface area contributed by atoms with E-state index in [-0.39, 0.29) is 12.1 Å². The van der Waals surface area contributed by atoms with Gasteiger partial charge in [0.1, 0.15) is 0 Å². The first kappa shape index (κ1) is 16.9. The third-order valence-electron chi connectivity index (χ3n) is 5.01. The van der Waals surface area contributed by atoms with E-state index in [4.69, 9.17) is 5.73 Å². The first-order chi connectivity index (χ1) is 12.9. The third-order valence-corrected chi connectivity index (χ3v) is 5.01. The zero-order chi connectivity index (χ0) is 19.5. The molecule has 0 unspecified atom stereocenters. The number of benzene rings is 1. The van der Waals surface area contributed by atoms with E-state index in [0.29, 0.717) is 22.6 Å². The minimum Gasteiger partial charge on any atom is -0.397 e. The predicted molar refractivity (Wildman–Crippen MR) is 106 cm³/mol. The van der Waals surface area contributed by atoms with Gasteiger partial charge in [-0.1, -0.05) is 18.2 Å². The summed E-state index contributed by atoms with van der Waals surface area (Å²) in [6, 6.07) is 7.47. The van der Waals surface area contributed by atoms with Crippen molar-refractivity contribution in [2.75, 3.05) is 5.73 Å². The van der Waals surface area contributed by atoms with Crippen molar-refractivity contribution in [1.29, 1.82) is 0 Å². The zero-order valence-electron chi connectivity index (χ0n) is 15.4. The number of aryl methyl sites for hydroxylation is 2.